The van der Waals surface area contributed by atoms with E-state index >= 15 is 0 Å². The Morgan fingerprint density at radius 2 is 1.43 bits per heavy atom. The van der Waals surface area contributed by atoms with Gasteiger partial charge in [0.1, 0.15) is 0 Å². The summed E-state index contributed by atoms with van der Waals surface area (Å²) < 4.78 is 2.27. The Hall–Kier alpha value is -2.84. The van der Waals surface area contributed by atoms with Crippen molar-refractivity contribution < 1.29 is 5.11 Å². The van der Waals surface area contributed by atoms with Gasteiger partial charge in [0.15, 0.2) is 0 Å². The second-order valence-electron chi connectivity index (χ2n) is 5.61. The number of hydrogen-bond donors (Lipinski definition) is 1. The number of fused-ring (bicyclic) bond motifs is 1. The topological polar surface area (TPSA) is 25.2 Å². The number of para-hydroxylation sites is 1. The Balaban J connectivity index is 1.99. The van der Waals surface area contributed by atoms with Gasteiger partial charge in [-0.3, -0.25) is 0 Å². The number of hydrogen-bond acceptors (Lipinski definition) is 1. The van der Waals surface area contributed by atoms with E-state index in [1.54, 1.807) is 0 Å². The molecule has 0 amide bonds. The van der Waals surface area contributed by atoms with Crippen LogP contribution in [0.2, 0.25) is 0 Å². The third-order valence-corrected chi connectivity index (χ3v) is 4.16. The Morgan fingerprint density at radius 3 is 2.17 bits per heavy atom. The van der Waals surface area contributed by atoms with E-state index in [4.69, 9.17) is 0 Å². The zero-order chi connectivity index (χ0) is 15.6. The highest BCUT2D eigenvalue weighted by molar-refractivity contribution is 5.89. The molecular weight excluding hydrogens is 282 g/mol. The monoisotopic (exact) mass is 299 g/mol. The van der Waals surface area contributed by atoms with Crippen LogP contribution in [0.15, 0.2) is 84.9 Å². The zero-order valence-corrected chi connectivity index (χ0v) is 12.7. The average Bonchev–Trinajstić information content (AvgIpc) is 3.02. The fraction of sp³-hybridized carbons (Fsp3) is 0.0476. The van der Waals surface area contributed by atoms with Crippen molar-refractivity contribution in [2.45, 2.75) is 6.61 Å². The fourth-order valence-electron chi connectivity index (χ4n) is 3.00. The molecular formula is C21H17NO. The average molecular weight is 299 g/mol. The summed E-state index contributed by atoms with van der Waals surface area (Å²) in [5, 5.41) is 10.5. The molecule has 0 aliphatic rings. The van der Waals surface area contributed by atoms with Crippen LogP contribution >= 0.6 is 0 Å². The summed E-state index contributed by atoms with van der Waals surface area (Å²) in [5.74, 6) is 0. The summed E-state index contributed by atoms with van der Waals surface area (Å²) >= 11 is 0. The van der Waals surface area contributed by atoms with E-state index in [2.05, 4.69) is 71.3 Å². The maximum Gasteiger partial charge on any atom is 0.0681 e. The first kappa shape index (κ1) is 13.8. The van der Waals surface area contributed by atoms with E-state index in [-0.39, 0.29) is 6.61 Å². The van der Waals surface area contributed by atoms with Crippen molar-refractivity contribution in [3.05, 3.63) is 90.5 Å². The van der Waals surface area contributed by atoms with Crippen molar-refractivity contribution in [3.63, 3.8) is 0 Å². The van der Waals surface area contributed by atoms with Gasteiger partial charge >= 0.3 is 0 Å². The third-order valence-electron chi connectivity index (χ3n) is 4.16. The molecule has 0 fully saturated rings. The van der Waals surface area contributed by atoms with Gasteiger partial charge in [-0.15, -0.1) is 0 Å². The predicted molar refractivity (Wildman–Crippen MR) is 94.6 cm³/mol. The van der Waals surface area contributed by atoms with Crippen molar-refractivity contribution in [1.82, 2.24) is 4.57 Å². The van der Waals surface area contributed by atoms with Gasteiger partial charge in [0.05, 0.1) is 17.8 Å². The van der Waals surface area contributed by atoms with E-state index in [0.717, 1.165) is 11.3 Å². The maximum absolute atomic E-state index is 9.26. The lowest BCUT2D eigenvalue weighted by atomic mass is 10.1. The lowest BCUT2D eigenvalue weighted by Gasteiger charge is -2.12. The number of aromatic nitrogens is 1. The molecule has 0 unspecified atom stereocenters. The number of benzene rings is 3. The number of nitrogens with zero attached hydrogens (tertiary/aromatic N) is 1. The molecule has 3 aromatic carbocycles. The summed E-state index contributed by atoms with van der Waals surface area (Å²) in [6, 6.07) is 29.1. The van der Waals surface area contributed by atoms with Gasteiger partial charge in [-0.1, -0.05) is 60.7 Å². The predicted octanol–water partition coefficient (Wildman–Crippen LogP) is 4.79. The third kappa shape index (κ3) is 2.43. The first-order valence-electron chi connectivity index (χ1n) is 7.73. The van der Waals surface area contributed by atoms with E-state index in [1.807, 2.05) is 18.2 Å². The second-order valence-corrected chi connectivity index (χ2v) is 5.61. The van der Waals surface area contributed by atoms with Crippen molar-refractivity contribution in [3.8, 4) is 16.9 Å². The first-order valence-corrected chi connectivity index (χ1v) is 7.73. The molecule has 1 aromatic heterocycles. The van der Waals surface area contributed by atoms with Crippen LogP contribution in [0.5, 0.6) is 0 Å². The highest BCUT2D eigenvalue weighted by atomic mass is 16.3. The van der Waals surface area contributed by atoms with E-state index < -0.39 is 0 Å². The molecule has 0 spiro atoms. The van der Waals surface area contributed by atoms with Gasteiger partial charge in [0, 0.05) is 11.1 Å². The number of rotatable bonds is 3. The maximum atomic E-state index is 9.26. The van der Waals surface area contributed by atoms with Crippen LogP contribution in [0.3, 0.4) is 0 Å². The summed E-state index contributed by atoms with van der Waals surface area (Å²) in [4.78, 5) is 0. The van der Waals surface area contributed by atoms with Crippen LogP contribution in [-0.2, 0) is 6.61 Å². The van der Waals surface area contributed by atoms with Crippen LogP contribution in [0.25, 0.3) is 27.8 Å². The normalized spacial score (nSPS) is 11.0. The molecule has 4 aromatic rings. The molecule has 2 heteroatoms. The largest absolute Gasteiger partial charge is 0.392 e. The molecule has 0 saturated carbocycles. The first-order chi connectivity index (χ1) is 11.4. The molecule has 4 rings (SSSR count). The minimum Gasteiger partial charge on any atom is -0.392 e. The number of aliphatic hydroxyl groups is 1. The van der Waals surface area contributed by atoms with Gasteiger partial charge < -0.3 is 9.67 Å². The molecule has 0 radical (unpaired) electrons. The molecule has 0 aliphatic heterocycles. The van der Waals surface area contributed by atoms with Crippen LogP contribution in [0.4, 0.5) is 0 Å². The van der Waals surface area contributed by atoms with E-state index in [9.17, 15) is 5.11 Å². The lowest BCUT2D eigenvalue weighted by molar-refractivity contribution is 0.282. The van der Waals surface area contributed by atoms with Crippen molar-refractivity contribution >= 4 is 10.9 Å². The van der Waals surface area contributed by atoms with E-state index in [1.165, 1.54) is 22.2 Å². The van der Waals surface area contributed by atoms with Gasteiger partial charge in [0.2, 0.25) is 0 Å². The van der Waals surface area contributed by atoms with Crippen LogP contribution in [0, 0.1) is 0 Å². The molecule has 0 saturated heterocycles. The Labute approximate surface area is 135 Å². The van der Waals surface area contributed by atoms with Gasteiger partial charge in [0.25, 0.3) is 0 Å². The molecule has 112 valence electrons. The Morgan fingerprint density at radius 1 is 0.739 bits per heavy atom. The van der Waals surface area contributed by atoms with Gasteiger partial charge in [-0.2, -0.15) is 0 Å². The van der Waals surface area contributed by atoms with Gasteiger partial charge in [-0.25, -0.2) is 0 Å². The van der Waals surface area contributed by atoms with Crippen LogP contribution < -0.4 is 0 Å². The van der Waals surface area contributed by atoms with Crippen molar-refractivity contribution in [1.29, 1.82) is 0 Å². The molecule has 0 atom stereocenters. The molecule has 2 nitrogen and oxygen atoms in total. The molecule has 0 aliphatic carbocycles. The summed E-state index contributed by atoms with van der Waals surface area (Å²) in [6.45, 7) is 0.0677. The minimum atomic E-state index is 0.0677. The van der Waals surface area contributed by atoms with Crippen LogP contribution in [-0.4, -0.2) is 9.67 Å². The standard InChI is InChI=1S/C21H17NO/c23-15-16-10-12-19(13-11-16)22-20-9-5-4-8-18(20)14-21(22)17-6-2-1-3-7-17/h1-14,23H,15H2. The highest BCUT2D eigenvalue weighted by Crippen LogP contribution is 2.31. The van der Waals surface area contributed by atoms with Gasteiger partial charge in [-0.05, 0) is 35.4 Å². The van der Waals surface area contributed by atoms with Crippen LogP contribution in [0.1, 0.15) is 5.56 Å². The quantitative estimate of drug-likeness (QED) is 0.578. The molecule has 23 heavy (non-hydrogen) atoms. The number of aliphatic hydroxyl groups excluding tert-OH is 1. The summed E-state index contributed by atoms with van der Waals surface area (Å²) in [5.41, 5.74) is 5.57. The lowest BCUT2D eigenvalue weighted by Crippen LogP contribution is -1.97. The highest BCUT2D eigenvalue weighted by Gasteiger charge is 2.11. The summed E-state index contributed by atoms with van der Waals surface area (Å²) in [6.07, 6.45) is 0. The Kier molecular flexibility index (Phi) is 3.45. The van der Waals surface area contributed by atoms with Crippen molar-refractivity contribution in [2.75, 3.05) is 0 Å². The minimum absolute atomic E-state index is 0.0677. The second kappa shape index (κ2) is 5.75. The smallest absolute Gasteiger partial charge is 0.0681 e. The van der Waals surface area contributed by atoms with Crippen molar-refractivity contribution in [2.24, 2.45) is 0 Å². The molecule has 1 heterocycles. The summed E-state index contributed by atoms with van der Waals surface area (Å²) in [7, 11) is 0. The van der Waals surface area contributed by atoms with E-state index in [0.29, 0.717) is 0 Å². The zero-order valence-electron chi connectivity index (χ0n) is 12.7. The molecule has 0 bridgehead atoms. The Bertz CT molecular complexity index is 937. The fourth-order valence-corrected chi connectivity index (χ4v) is 3.00. The molecule has 1 N–H and O–H groups in total. The SMILES string of the molecule is OCc1ccc(-n2c(-c3ccccc3)cc3ccccc32)cc1.